The van der Waals surface area contributed by atoms with Crippen molar-refractivity contribution in [2.45, 2.75) is 19.4 Å². The fraction of sp³-hybridized carbons (Fsp3) is 0.250. The van der Waals surface area contributed by atoms with E-state index in [-0.39, 0.29) is 5.82 Å². The molecule has 0 aliphatic carbocycles. The predicted octanol–water partition coefficient (Wildman–Crippen LogP) is 6.79. The Labute approximate surface area is 216 Å². The van der Waals surface area contributed by atoms with Crippen molar-refractivity contribution in [1.29, 1.82) is 0 Å². The highest BCUT2D eigenvalue weighted by molar-refractivity contribution is 6.02. The number of fused-ring (bicyclic) bond motifs is 3. The number of hydrogen-bond acceptors (Lipinski definition) is 4. The molecule has 1 fully saturated rings. The molecule has 0 saturated carbocycles. The first-order chi connectivity index (χ1) is 18.0. The molecule has 0 N–H and O–H groups in total. The Morgan fingerprint density at radius 3 is 2.32 bits per heavy atom. The van der Waals surface area contributed by atoms with Gasteiger partial charge < -0.3 is 19.1 Å². The lowest BCUT2D eigenvalue weighted by Crippen LogP contribution is -2.37. The van der Waals surface area contributed by atoms with Crippen molar-refractivity contribution >= 4 is 22.5 Å². The van der Waals surface area contributed by atoms with Gasteiger partial charge in [0.15, 0.2) is 5.60 Å². The predicted molar refractivity (Wildman–Crippen MR) is 146 cm³/mol. The summed E-state index contributed by atoms with van der Waals surface area (Å²) in [5.74, 6) is 1.32. The Bertz CT molecular complexity index is 1520. The molecule has 6 rings (SSSR count). The van der Waals surface area contributed by atoms with Crippen molar-refractivity contribution in [2.75, 3.05) is 38.3 Å². The molecule has 1 unspecified atom stereocenters. The third kappa shape index (κ3) is 3.94. The van der Waals surface area contributed by atoms with E-state index in [1.54, 1.807) is 20.1 Å². The number of morpholine rings is 1. The summed E-state index contributed by atoms with van der Waals surface area (Å²) in [7, 11) is 1.67. The quantitative estimate of drug-likeness (QED) is 0.312. The van der Waals surface area contributed by atoms with Gasteiger partial charge in [-0.3, -0.25) is 0 Å². The van der Waals surface area contributed by atoms with Gasteiger partial charge in [-0.2, -0.15) is 0 Å². The molecule has 0 amide bonds. The first-order valence-corrected chi connectivity index (χ1v) is 12.7. The van der Waals surface area contributed by atoms with Crippen molar-refractivity contribution < 1.29 is 18.6 Å². The minimum absolute atomic E-state index is 0.252. The van der Waals surface area contributed by atoms with Crippen LogP contribution in [-0.2, 0) is 10.3 Å². The lowest BCUT2D eigenvalue weighted by molar-refractivity contribution is 0.122. The number of ether oxygens (including phenoxy) is 3. The van der Waals surface area contributed by atoms with E-state index in [1.807, 2.05) is 31.2 Å². The number of anilines is 1. The molecule has 188 valence electrons. The van der Waals surface area contributed by atoms with Crippen molar-refractivity contribution in [3.8, 4) is 11.5 Å². The maximum Gasteiger partial charge on any atom is 0.178 e. The van der Waals surface area contributed by atoms with Crippen LogP contribution in [0.2, 0.25) is 0 Å². The third-order valence-electron chi connectivity index (χ3n) is 7.56. The van der Waals surface area contributed by atoms with Crippen molar-refractivity contribution in [3.05, 3.63) is 106 Å². The molecule has 0 radical (unpaired) electrons. The van der Waals surface area contributed by atoms with Gasteiger partial charge in [0, 0.05) is 46.9 Å². The van der Waals surface area contributed by atoms with Crippen LogP contribution in [0.4, 0.5) is 10.1 Å². The highest BCUT2D eigenvalue weighted by Gasteiger charge is 2.39. The summed E-state index contributed by atoms with van der Waals surface area (Å²) in [6.45, 7) is 6.83. The molecule has 1 saturated heterocycles. The summed E-state index contributed by atoms with van der Waals surface area (Å²) in [6, 6.07) is 22.0. The molecule has 4 nitrogen and oxygen atoms in total. The van der Waals surface area contributed by atoms with E-state index in [0.29, 0.717) is 18.8 Å². The normalized spacial score (nSPS) is 19.0. The van der Waals surface area contributed by atoms with Gasteiger partial charge in [0.25, 0.3) is 0 Å². The van der Waals surface area contributed by atoms with E-state index in [9.17, 15) is 4.39 Å². The second-order valence-electron chi connectivity index (χ2n) is 9.77. The Hall–Kier alpha value is -3.83. The highest BCUT2D eigenvalue weighted by Crippen LogP contribution is 2.47. The Balaban J connectivity index is 1.57. The molecule has 0 spiro atoms. The smallest absolute Gasteiger partial charge is 0.178 e. The molecular weight excluding hydrogens is 465 g/mol. The Morgan fingerprint density at radius 1 is 0.865 bits per heavy atom. The summed E-state index contributed by atoms with van der Waals surface area (Å²) in [5.41, 5.74) is 4.40. The summed E-state index contributed by atoms with van der Waals surface area (Å²) in [5, 5.41) is 2.32. The SMILES string of the molecule is COc1ccc(C2(c3ccc(C)c(F)c3)C=Cc3c(cc(N4CCOCC4)c4ccccc34)O2)cc1C. The molecule has 5 heteroatoms. The van der Waals surface area contributed by atoms with E-state index in [1.165, 1.54) is 5.39 Å². The van der Waals surface area contributed by atoms with Crippen LogP contribution in [0, 0.1) is 19.7 Å². The van der Waals surface area contributed by atoms with Crippen molar-refractivity contribution in [3.63, 3.8) is 0 Å². The van der Waals surface area contributed by atoms with Crippen LogP contribution in [-0.4, -0.2) is 33.4 Å². The Kier molecular flexibility index (Phi) is 5.88. The van der Waals surface area contributed by atoms with Gasteiger partial charge in [0.1, 0.15) is 17.3 Å². The van der Waals surface area contributed by atoms with Crippen LogP contribution in [0.5, 0.6) is 11.5 Å². The first kappa shape index (κ1) is 23.6. The monoisotopic (exact) mass is 495 g/mol. The standard InChI is InChI=1S/C32H30FNO3/c1-21-8-9-24(19-28(21)33)32(23-10-11-30(35-3)22(2)18-23)13-12-27-25-6-4-5-7-26(25)29(20-31(27)37-32)34-14-16-36-17-15-34/h4-13,18-20H,14-17H2,1-3H3. The van der Waals surface area contributed by atoms with Gasteiger partial charge >= 0.3 is 0 Å². The van der Waals surface area contributed by atoms with Gasteiger partial charge in [-0.25, -0.2) is 4.39 Å². The molecule has 4 aromatic carbocycles. The molecule has 2 aliphatic rings. The number of methoxy groups -OCH3 is 1. The number of aryl methyl sites for hydroxylation is 2. The van der Waals surface area contributed by atoms with Crippen LogP contribution in [0.15, 0.2) is 72.8 Å². The molecule has 0 bridgehead atoms. The molecule has 0 aromatic heterocycles. The lowest BCUT2D eigenvalue weighted by atomic mass is 9.82. The minimum Gasteiger partial charge on any atom is -0.496 e. The molecular formula is C32H30FNO3. The summed E-state index contributed by atoms with van der Waals surface area (Å²) in [4.78, 5) is 2.36. The third-order valence-corrected chi connectivity index (χ3v) is 7.56. The number of benzene rings is 4. The second kappa shape index (κ2) is 9.24. The van der Waals surface area contributed by atoms with Crippen LogP contribution in [0.25, 0.3) is 16.8 Å². The lowest BCUT2D eigenvalue weighted by Gasteiger charge is -2.38. The summed E-state index contributed by atoms with van der Waals surface area (Å²) in [6.07, 6.45) is 4.18. The zero-order chi connectivity index (χ0) is 25.6. The fourth-order valence-corrected chi connectivity index (χ4v) is 5.49. The minimum atomic E-state index is -0.997. The average Bonchev–Trinajstić information content (AvgIpc) is 2.94. The highest BCUT2D eigenvalue weighted by atomic mass is 19.1. The van der Waals surface area contributed by atoms with Crippen LogP contribution in [0.1, 0.15) is 27.8 Å². The fourth-order valence-electron chi connectivity index (χ4n) is 5.49. The van der Waals surface area contributed by atoms with Crippen molar-refractivity contribution in [2.24, 2.45) is 0 Å². The zero-order valence-corrected chi connectivity index (χ0v) is 21.4. The molecule has 1 atom stereocenters. The van der Waals surface area contributed by atoms with E-state index >= 15 is 0 Å². The topological polar surface area (TPSA) is 30.9 Å². The number of nitrogens with zero attached hydrogens (tertiary/aromatic N) is 1. The number of rotatable bonds is 4. The first-order valence-electron chi connectivity index (χ1n) is 12.7. The van der Waals surface area contributed by atoms with Gasteiger partial charge in [-0.05, 0) is 60.7 Å². The zero-order valence-electron chi connectivity index (χ0n) is 21.4. The van der Waals surface area contributed by atoms with Gasteiger partial charge in [0.05, 0.1) is 20.3 Å². The molecule has 2 aliphatic heterocycles. The molecule has 37 heavy (non-hydrogen) atoms. The van der Waals surface area contributed by atoms with Crippen LogP contribution in [0.3, 0.4) is 0 Å². The number of hydrogen-bond donors (Lipinski definition) is 0. The number of halogens is 1. The van der Waals surface area contributed by atoms with Gasteiger partial charge in [-0.1, -0.05) is 42.5 Å². The van der Waals surface area contributed by atoms with E-state index in [4.69, 9.17) is 14.2 Å². The largest absolute Gasteiger partial charge is 0.496 e. The van der Waals surface area contributed by atoms with Gasteiger partial charge in [0.2, 0.25) is 0 Å². The summed E-state index contributed by atoms with van der Waals surface area (Å²) >= 11 is 0. The van der Waals surface area contributed by atoms with E-state index < -0.39 is 5.60 Å². The van der Waals surface area contributed by atoms with E-state index in [0.717, 1.165) is 57.9 Å². The van der Waals surface area contributed by atoms with Crippen LogP contribution < -0.4 is 14.4 Å². The van der Waals surface area contributed by atoms with Crippen molar-refractivity contribution in [1.82, 2.24) is 0 Å². The van der Waals surface area contributed by atoms with Crippen LogP contribution >= 0.6 is 0 Å². The maximum atomic E-state index is 14.9. The second-order valence-corrected chi connectivity index (χ2v) is 9.77. The molecule has 4 aromatic rings. The molecule has 2 heterocycles. The maximum absolute atomic E-state index is 14.9. The average molecular weight is 496 g/mol. The van der Waals surface area contributed by atoms with E-state index in [2.05, 4.69) is 53.5 Å². The van der Waals surface area contributed by atoms with Gasteiger partial charge in [-0.15, -0.1) is 0 Å². The summed E-state index contributed by atoms with van der Waals surface area (Å²) < 4.78 is 33.0. The Morgan fingerprint density at radius 2 is 1.59 bits per heavy atom.